The Balaban J connectivity index is 1.23. The van der Waals surface area contributed by atoms with E-state index in [2.05, 4.69) is 31.3 Å². The van der Waals surface area contributed by atoms with Crippen LogP contribution in [0.15, 0.2) is 24.3 Å². The third-order valence-corrected chi connectivity index (χ3v) is 17.7. The zero-order valence-corrected chi connectivity index (χ0v) is 54.0. The van der Waals surface area contributed by atoms with Crippen molar-refractivity contribution in [1.29, 1.82) is 0 Å². The highest BCUT2D eigenvalue weighted by Crippen LogP contribution is 2.33. The van der Waals surface area contributed by atoms with Crippen LogP contribution in [0.5, 0.6) is 0 Å². The molecule has 0 aromatic heterocycles. The first-order valence-electron chi connectivity index (χ1n) is 35.1. The number of hydrogen-bond acceptors (Lipinski definition) is 18. The Kier molecular flexibility index (Phi) is 46.4. The van der Waals surface area contributed by atoms with Crippen LogP contribution in [-0.4, -0.2) is 193 Å². The molecule has 87 heavy (non-hydrogen) atoms. The summed E-state index contributed by atoms with van der Waals surface area (Å²) in [5, 5.41) is 120. The molecule has 3 aliphatic heterocycles. The van der Waals surface area contributed by atoms with Crippen molar-refractivity contribution in [1.82, 2.24) is 5.32 Å². The van der Waals surface area contributed by atoms with E-state index in [4.69, 9.17) is 28.4 Å². The summed E-state index contributed by atoms with van der Waals surface area (Å²) in [6.45, 7) is 1.61. The van der Waals surface area contributed by atoms with Gasteiger partial charge in [0.1, 0.15) is 73.2 Å². The van der Waals surface area contributed by atoms with E-state index < -0.39 is 124 Å². The smallest absolute Gasteiger partial charge is 0.220 e. The first-order valence-corrected chi connectivity index (χ1v) is 35.1. The quantitative estimate of drug-likeness (QED) is 0.0200. The molecule has 0 aliphatic carbocycles. The van der Waals surface area contributed by atoms with Gasteiger partial charge in [0.15, 0.2) is 18.9 Å². The Morgan fingerprint density at radius 3 is 1.14 bits per heavy atom. The summed E-state index contributed by atoms with van der Waals surface area (Å²) < 4.78 is 34.1. The predicted octanol–water partition coefficient (Wildman–Crippen LogP) is 9.05. The van der Waals surface area contributed by atoms with Crippen LogP contribution in [0.1, 0.15) is 271 Å². The van der Waals surface area contributed by atoms with E-state index in [1.807, 2.05) is 6.08 Å². The van der Waals surface area contributed by atoms with Crippen LogP contribution in [0.25, 0.3) is 0 Å². The molecule has 1 amide bonds. The van der Waals surface area contributed by atoms with Gasteiger partial charge in [-0.15, -0.1) is 0 Å². The Morgan fingerprint density at radius 1 is 0.402 bits per heavy atom. The van der Waals surface area contributed by atoms with Gasteiger partial charge in [-0.3, -0.25) is 4.79 Å². The Hall–Kier alpha value is -1.73. The maximum absolute atomic E-state index is 13.2. The van der Waals surface area contributed by atoms with Crippen LogP contribution in [0.4, 0.5) is 0 Å². The number of unbranched alkanes of at least 4 members (excludes halogenated alkanes) is 36. The summed E-state index contributed by atoms with van der Waals surface area (Å²) >= 11 is 0. The number of aliphatic hydroxyl groups excluding tert-OH is 11. The van der Waals surface area contributed by atoms with Gasteiger partial charge in [-0.2, -0.15) is 0 Å². The summed E-state index contributed by atoms with van der Waals surface area (Å²) in [6, 6.07) is -0.966. The number of carbonyl (C=O) groups is 1. The maximum atomic E-state index is 13.2. The second-order valence-electron chi connectivity index (χ2n) is 25.3. The van der Waals surface area contributed by atoms with Gasteiger partial charge in [-0.1, -0.05) is 244 Å². The van der Waals surface area contributed by atoms with Gasteiger partial charge in [-0.25, -0.2) is 0 Å². The first-order chi connectivity index (χ1) is 42.3. The second-order valence-corrected chi connectivity index (χ2v) is 25.3. The lowest BCUT2D eigenvalue weighted by Crippen LogP contribution is -2.66. The third kappa shape index (κ3) is 33.1. The number of ether oxygens (including phenoxy) is 6. The van der Waals surface area contributed by atoms with Crippen molar-refractivity contribution in [3.05, 3.63) is 24.3 Å². The number of rotatable bonds is 54. The van der Waals surface area contributed by atoms with E-state index in [-0.39, 0.29) is 18.9 Å². The number of aliphatic hydroxyl groups is 11. The average molecular weight is 1250 g/mol. The van der Waals surface area contributed by atoms with Crippen LogP contribution in [-0.2, 0) is 33.2 Å². The SMILES string of the molecule is CCCCC/C=C/C(O)C(COC1OC(CO)C(OC2OC(CO)C(OC3OC(CO)C(O)C(O)C3O)C(O)C2O)C(O)C1O)NC(=O)CCCCCCCCCCCCCCCCCCCCCCCCCCC/C=C\CCCCCCCCCC. The van der Waals surface area contributed by atoms with Crippen LogP contribution < -0.4 is 5.32 Å². The normalized spacial score (nSPS) is 28.7. The maximum Gasteiger partial charge on any atom is 0.220 e. The van der Waals surface area contributed by atoms with Gasteiger partial charge >= 0.3 is 0 Å². The van der Waals surface area contributed by atoms with Crippen molar-refractivity contribution in [2.45, 2.75) is 375 Å². The second kappa shape index (κ2) is 50.8. The van der Waals surface area contributed by atoms with Crippen LogP contribution in [0, 0.1) is 0 Å². The van der Waals surface area contributed by atoms with E-state index in [1.54, 1.807) is 6.08 Å². The lowest BCUT2D eigenvalue weighted by atomic mass is 9.96. The average Bonchev–Trinajstić information content (AvgIpc) is 3.57. The summed E-state index contributed by atoms with van der Waals surface area (Å²) in [5.41, 5.74) is 0. The van der Waals surface area contributed by atoms with Crippen molar-refractivity contribution in [3.8, 4) is 0 Å². The fraction of sp³-hybridized carbons (Fsp3) is 0.926. The standard InChI is InChI=1S/C68H127NO18/c1-3-5-7-9-10-11-12-13-14-15-16-17-18-19-20-21-22-23-24-25-26-27-28-29-30-31-32-33-34-35-36-37-38-39-40-42-44-46-56(74)69-51(52(73)45-43-41-8-6-4-2)50-82-66-62(80)59(77)64(54(48-71)84-66)87-68-63(81)60(78)65(55(49-72)85-68)86-67-61(79)58(76)57(75)53(47-70)83-67/h15-16,43,45,51-55,57-68,70-73,75-81H,3-14,17-42,44,46-50H2,1-2H3,(H,69,74)/b16-15-,45-43+. The highest BCUT2D eigenvalue weighted by Gasteiger charge is 2.53. The number of hydrogen-bond donors (Lipinski definition) is 12. The van der Waals surface area contributed by atoms with E-state index in [0.29, 0.717) is 6.42 Å². The van der Waals surface area contributed by atoms with Crippen molar-refractivity contribution in [3.63, 3.8) is 0 Å². The molecule has 17 unspecified atom stereocenters. The number of nitrogens with one attached hydrogen (secondary N) is 1. The van der Waals surface area contributed by atoms with Gasteiger partial charge < -0.3 is 89.9 Å². The first kappa shape index (κ1) is 79.5. The molecule has 512 valence electrons. The van der Waals surface area contributed by atoms with Crippen LogP contribution >= 0.6 is 0 Å². The van der Waals surface area contributed by atoms with Gasteiger partial charge in [-0.05, 0) is 44.9 Å². The van der Waals surface area contributed by atoms with Crippen molar-refractivity contribution >= 4 is 5.91 Å². The van der Waals surface area contributed by atoms with E-state index >= 15 is 0 Å². The van der Waals surface area contributed by atoms with Crippen LogP contribution in [0.2, 0.25) is 0 Å². The largest absolute Gasteiger partial charge is 0.394 e. The molecule has 19 nitrogen and oxygen atoms in total. The molecule has 0 bridgehead atoms. The molecular formula is C68H127NO18. The highest BCUT2D eigenvalue weighted by atomic mass is 16.8. The molecule has 12 N–H and O–H groups in total. The molecule has 0 radical (unpaired) electrons. The lowest BCUT2D eigenvalue weighted by Gasteiger charge is -2.48. The minimum absolute atomic E-state index is 0.246. The monoisotopic (exact) mass is 1250 g/mol. The number of allylic oxidation sites excluding steroid dienone is 3. The van der Waals surface area contributed by atoms with Gasteiger partial charge in [0.2, 0.25) is 5.91 Å². The van der Waals surface area contributed by atoms with E-state index in [9.17, 15) is 61.0 Å². The van der Waals surface area contributed by atoms with Crippen molar-refractivity contribution < 1.29 is 89.4 Å². The third-order valence-electron chi connectivity index (χ3n) is 17.7. The summed E-state index contributed by atoms with van der Waals surface area (Å²) in [5.74, 6) is -0.279. The number of carbonyl (C=O) groups excluding carboxylic acids is 1. The molecule has 0 aromatic carbocycles. The summed E-state index contributed by atoms with van der Waals surface area (Å²) in [4.78, 5) is 13.2. The van der Waals surface area contributed by atoms with Crippen molar-refractivity contribution in [2.24, 2.45) is 0 Å². The summed E-state index contributed by atoms with van der Waals surface area (Å²) in [6.07, 6.45) is 31.5. The molecule has 0 saturated carbocycles. The van der Waals surface area contributed by atoms with Crippen molar-refractivity contribution in [2.75, 3.05) is 26.4 Å². The zero-order chi connectivity index (χ0) is 63.3. The zero-order valence-electron chi connectivity index (χ0n) is 54.0. The molecule has 0 spiro atoms. The molecule has 3 saturated heterocycles. The number of amides is 1. The van der Waals surface area contributed by atoms with E-state index in [0.717, 1.165) is 44.9 Å². The van der Waals surface area contributed by atoms with Gasteiger partial charge in [0.25, 0.3) is 0 Å². The van der Waals surface area contributed by atoms with Gasteiger partial charge in [0, 0.05) is 6.42 Å². The molecular weight excluding hydrogens is 1120 g/mol. The molecule has 3 rings (SSSR count). The fourth-order valence-electron chi connectivity index (χ4n) is 12.0. The van der Waals surface area contributed by atoms with Gasteiger partial charge in [0.05, 0.1) is 38.6 Å². The predicted molar refractivity (Wildman–Crippen MR) is 337 cm³/mol. The Bertz CT molecular complexity index is 1680. The molecule has 0 aromatic rings. The lowest BCUT2D eigenvalue weighted by molar-refractivity contribution is -0.379. The highest BCUT2D eigenvalue weighted by molar-refractivity contribution is 5.76. The van der Waals surface area contributed by atoms with E-state index in [1.165, 1.54) is 199 Å². The molecule has 3 heterocycles. The molecule has 3 aliphatic rings. The molecule has 3 fully saturated rings. The Labute approximate surface area is 524 Å². The minimum Gasteiger partial charge on any atom is -0.394 e. The molecule has 17 atom stereocenters. The minimum atomic E-state index is -1.97. The Morgan fingerprint density at radius 2 is 0.724 bits per heavy atom. The summed E-state index contributed by atoms with van der Waals surface area (Å²) in [7, 11) is 0. The fourth-order valence-corrected chi connectivity index (χ4v) is 12.0. The topological polar surface area (TPSA) is 307 Å². The molecule has 19 heteroatoms. The van der Waals surface area contributed by atoms with Crippen LogP contribution in [0.3, 0.4) is 0 Å².